The van der Waals surface area contributed by atoms with Crippen LogP contribution in [0.3, 0.4) is 0 Å². The molecule has 0 aromatic carbocycles. The van der Waals surface area contributed by atoms with Gasteiger partial charge in [-0.2, -0.15) is 0 Å². The van der Waals surface area contributed by atoms with Crippen molar-refractivity contribution >= 4 is 28.7 Å². The van der Waals surface area contributed by atoms with Crippen LogP contribution in [0, 0.1) is 0 Å². The van der Waals surface area contributed by atoms with Gasteiger partial charge in [0.05, 0.1) is 22.7 Å². The summed E-state index contributed by atoms with van der Waals surface area (Å²) in [5.41, 5.74) is -0.428. The van der Waals surface area contributed by atoms with E-state index in [1.54, 1.807) is 4.90 Å². The van der Waals surface area contributed by atoms with Crippen molar-refractivity contribution in [2.75, 3.05) is 13.1 Å². The monoisotopic (exact) mass is 381 g/mol. The van der Waals surface area contributed by atoms with Crippen LogP contribution in [0.5, 0.6) is 0 Å². The van der Waals surface area contributed by atoms with Gasteiger partial charge in [-0.3, -0.25) is 0 Å². The summed E-state index contributed by atoms with van der Waals surface area (Å²) in [6, 6.07) is 0. The molecule has 5 heteroatoms. The molecular formula is C14H24INO3. The molecule has 19 heavy (non-hydrogen) atoms. The first-order valence-electron chi connectivity index (χ1n) is 7.12. The Balaban J connectivity index is 1.84. The van der Waals surface area contributed by atoms with Crippen LogP contribution < -0.4 is 0 Å². The summed E-state index contributed by atoms with van der Waals surface area (Å²) in [5, 5.41) is 0. The van der Waals surface area contributed by atoms with Crippen molar-refractivity contribution in [2.45, 2.75) is 68.2 Å². The van der Waals surface area contributed by atoms with Crippen LogP contribution in [0.15, 0.2) is 0 Å². The number of halogens is 1. The van der Waals surface area contributed by atoms with Gasteiger partial charge in [-0.15, -0.1) is 0 Å². The highest BCUT2D eigenvalue weighted by atomic mass is 127. The number of likely N-dealkylation sites (tertiary alicyclic amines) is 1. The number of hydrogen-bond acceptors (Lipinski definition) is 3. The second-order valence-corrected chi connectivity index (χ2v) is 8.08. The number of carbonyl (C=O) groups is 1. The summed E-state index contributed by atoms with van der Waals surface area (Å²) in [5.74, 6) is 0. The van der Waals surface area contributed by atoms with Gasteiger partial charge in [0.2, 0.25) is 0 Å². The van der Waals surface area contributed by atoms with Crippen molar-refractivity contribution in [1.82, 2.24) is 4.90 Å². The zero-order valence-electron chi connectivity index (χ0n) is 12.0. The number of ether oxygens (including phenoxy) is 2. The Labute approximate surface area is 129 Å². The lowest BCUT2D eigenvalue weighted by Gasteiger charge is -2.24. The lowest BCUT2D eigenvalue weighted by atomic mass is 10.2. The summed E-state index contributed by atoms with van der Waals surface area (Å²) in [7, 11) is 0. The largest absolute Gasteiger partial charge is 0.444 e. The molecule has 0 aromatic rings. The van der Waals surface area contributed by atoms with E-state index in [1.807, 2.05) is 20.8 Å². The van der Waals surface area contributed by atoms with Crippen LogP contribution in [-0.4, -0.2) is 45.8 Å². The molecule has 1 aliphatic carbocycles. The number of alkyl halides is 1. The standard InChI is InChI=1S/C14H24INO3/c1-14(2,3)19-13(17)16-8-11(15)12(9-16)18-10-6-4-5-7-10/h10-12H,4-9H2,1-3H3. The maximum absolute atomic E-state index is 12.0. The lowest BCUT2D eigenvalue weighted by Crippen LogP contribution is -2.36. The van der Waals surface area contributed by atoms with Crippen molar-refractivity contribution in [1.29, 1.82) is 0 Å². The van der Waals surface area contributed by atoms with Crippen LogP contribution in [-0.2, 0) is 9.47 Å². The van der Waals surface area contributed by atoms with E-state index in [0.717, 1.165) is 6.54 Å². The van der Waals surface area contributed by atoms with E-state index < -0.39 is 5.60 Å². The van der Waals surface area contributed by atoms with Gasteiger partial charge in [0.1, 0.15) is 5.60 Å². The van der Waals surface area contributed by atoms with E-state index in [0.29, 0.717) is 16.6 Å². The number of rotatable bonds is 2. The van der Waals surface area contributed by atoms with Crippen LogP contribution in [0.4, 0.5) is 4.79 Å². The third kappa shape index (κ3) is 4.48. The van der Waals surface area contributed by atoms with Gasteiger partial charge in [0.15, 0.2) is 0 Å². The zero-order chi connectivity index (χ0) is 14.0. The Bertz CT molecular complexity index is 323. The maximum atomic E-state index is 12.0. The molecule has 1 heterocycles. The summed E-state index contributed by atoms with van der Waals surface area (Å²) in [4.78, 5) is 13.8. The first-order chi connectivity index (χ1) is 8.85. The lowest BCUT2D eigenvalue weighted by molar-refractivity contribution is -0.00470. The first-order valence-corrected chi connectivity index (χ1v) is 8.37. The molecule has 0 N–H and O–H groups in total. The molecule has 1 saturated carbocycles. The fourth-order valence-corrected chi connectivity index (χ4v) is 3.48. The van der Waals surface area contributed by atoms with Crippen molar-refractivity contribution in [3.05, 3.63) is 0 Å². The molecule has 2 unspecified atom stereocenters. The average Bonchev–Trinajstić information content (AvgIpc) is 2.88. The molecule has 1 saturated heterocycles. The molecule has 2 fully saturated rings. The van der Waals surface area contributed by atoms with Crippen molar-refractivity contribution in [3.8, 4) is 0 Å². The fraction of sp³-hybridized carbons (Fsp3) is 0.929. The Morgan fingerprint density at radius 2 is 1.84 bits per heavy atom. The van der Waals surface area contributed by atoms with Crippen LogP contribution in [0.25, 0.3) is 0 Å². The second-order valence-electron chi connectivity index (χ2n) is 6.48. The highest BCUT2D eigenvalue weighted by Gasteiger charge is 2.37. The average molecular weight is 381 g/mol. The molecule has 0 radical (unpaired) electrons. The molecule has 0 spiro atoms. The summed E-state index contributed by atoms with van der Waals surface area (Å²) >= 11 is 2.39. The van der Waals surface area contributed by atoms with E-state index in [4.69, 9.17) is 9.47 Å². The molecule has 4 nitrogen and oxygen atoms in total. The van der Waals surface area contributed by atoms with Crippen LogP contribution in [0.2, 0.25) is 0 Å². The van der Waals surface area contributed by atoms with Crippen molar-refractivity contribution < 1.29 is 14.3 Å². The maximum Gasteiger partial charge on any atom is 0.410 e. The predicted octanol–water partition coefficient (Wildman–Crippen LogP) is 3.37. The third-order valence-electron chi connectivity index (χ3n) is 3.52. The second kappa shape index (κ2) is 6.16. The number of nitrogens with zero attached hydrogens (tertiary/aromatic N) is 1. The topological polar surface area (TPSA) is 38.8 Å². The Morgan fingerprint density at radius 1 is 1.21 bits per heavy atom. The number of carbonyl (C=O) groups excluding carboxylic acids is 1. The van der Waals surface area contributed by atoms with Gasteiger partial charge in [-0.1, -0.05) is 35.4 Å². The molecule has 2 rings (SSSR count). The predicted molar refractivity (Wildman–Crippen MR) is 82.7 cm³/mol. The van der Waals surface area contributed by atoms with Gasteiger partial charge in [-0.05, 0) is 33.6 Å². The SMILES string of the molecule is CC(C)(C)OC(=O)N1CC(I)C(OC2CCCC2)C1. The Hall–Kier alpha value is -0.0400. The van der Waals surface area contributed by atoms with E-state index >= 15 is 0 Å². The molecule has 2 atom stereocenters. The molecule has 2 aliphatic rings. The quantitative estimate of drug-likeness (QED) is 0.544. The smallest absolute Gasteiger partial charge is 0.410 e. The minimum Gasteiger partial charge on any atom is -0.444 e. The molecule has 1 aliphatic heterocycles. The van der Waals surface area contributed by atoms with Gasteiger partial charge < -0.3 is 14.4 Å². The first kappa shape index (κ1) is 15.4. The zero-order valence-corrected chi connectivity index (χ0v) is 14.2. The molecular weight excluding hydrogens is 357 g/mol. The van der Waals surface area contributed by atoms with Crippen LogP contribution >= 0.6 is 22.6 Å². The Morgan fingerprint density at radius 3 is 2.42 bits per heavy atom. The summed E-state index contributed by atoms with van der Waals surface area (Å²) in [6.07, 6.45) is 5.25. The van der Waals surface area contributed by atoms with Gasteiger partial charge in [0, 0.05) is 6.54 Å². The minimum atomic E-state index is -0.428. The number of hydrogen-bond donors (Lipinski definition) is 0. The molecule has 0 aromatic heterocycles. The van der Waals surface area contributed by atoms with Crippen LogP contribution in [0.1, 0.15) is 46.5 Å². The van der Waals surface area contributed by atoms with Crippen molar-refractivity contribution in [2.24, 2.45) is 0 Å². The van der Waals surface area contributed by atoms with E-state index in [9.17, 15) is 4.79 Å². The number of amides is 1. The minimum absolute atomic E-state index is 0.163. The van der Waals surface area contributed by atoms with Crippen molar-refractivity contribution in [3.63, 3.8) is 0 Å². The highest BCUT2D eigenvalue weighted by molar-refractivity contribution is 14.1. The Kier molecular flexibility index (Phi) is 4.98. The highest BCUT2D eigenvalue weighted by Crippen LogP contribution is 2.28. The fourth-order valence-electron chi connectivity index (χ4n) is 2.61. The van der Waals surface area contributed by atoms with Gasteiger partial charge >= 0.3 is 6.09 Å². The molecule has 1 amide bonds. The summed E-state index contributed by atoms with van der Waals surface area (Å²) < 4.78 is 11.9. The van der Waals surface area contributed by atoms with E-state index in [-0.39, 0.29) is 12.2 Å². The molecule has 0 bridgehead atoms. The normalized spacial score (nSPS) is 28.9. The van der Waals surface area contributed by atoms with E-state index in [1.165, 1.54) is 25.7 Å². The third-order valence-corrected chi connectivity index (χ3v) is 4.72. The van der Waals surface area contributed by atoms with Gasteiger partial charge in [0.25, 0.3) is 0 Å². The molecule has 110 valence electrons. The van der Waals surface area contributed by atoms with Gasteiger partial charge in [-0.25, -0.2) is 4.79 Å². The van der Waals surface area contributed by atoms with E-state index in [2.05, 4.69) is 22.6 Å². The summed E-state index contributed by atoms with van der Waals surface area (Å²) in [6.45, 7) is 7.09.